The average molecular weight is 313 g/mol. The molecule has 5 nitrogen and oxygen atoms in total. The normalized spacial score (nSPS) is 12.9. The third kappa shape index (κ3) is 4.93. The highest BCUT2D eigenvalue weighted by Crippen LogP contribution is 2.21. The van der Waals surface area contributed by atoms with Gasteiger partial charge in [0.05, 0.1) is 12.0 Å². The lowest BCUT2D eigenvalue weighted by atomic mass is 10.0. The van der Waals surface area contributed by atoms with E-state index in [-0.39, 0.29) is 5.92 Å². The second-order valence-corrected chi connectivity index (χ2v) is 6.02. The fraction of sp³-hybridized carbons (Fsp3) is 0.467. The van der Waals surface area contributed by atoms with Crippen molar-refractivity contribution in [3.8, 4) is 5.75 Å². The summed E-state index contributed by atoms with van der Waals surface area (Å²) in [6, 6.07) is 5.49. The molecule has 0 aliphatic heterocycles. The highest BCUT2D eigenvalue weighted by atomic mass is 35.5. The molecule has 1 atom stereocenters. The number of aliphatic carboxylic acids is 1. The van der Waals surface area contributed by atoms with Crippen molar-refractivity contribution < 1.29 is 19.4 Å². The van der Waals surface area contributed by atoms with Crippen LogP contribution in [0.4, 0.5) is 0 Å². The van der Waals surface area contributed by atoms with Crippen molar-refractivity contribution in [2.45, 2.75) is 39.3 Å². The van der Waals surface area contributed by atoms with E-state index in [9.17, 15) is 14.7 Å². The monoisotopic (exact) mass is 312 g/mol. The zero-order valence-electron chi connectivity index (χ0n) is 12.5. The van der Waals surface area contributed by atoms with Crippen LogP contribution in [0.25, 0.3) is 0 Å². The van der Waals surface area contributed by atoms with Crippen molar-refractivity contribution in [2.75, 3.05) is 0 Å². The number of carbonyl (C=O) groups excluding carboxylic acids is 2. The molecule has 1 amide bonds. The molecule has 0 fully saturated rings. The minimum atomic E-state index is -1.32. The van der Waals surface area contributed by atoms with Crippen molar-refractivity contribution in [2.24, 2.45) is 5.92 Å². The number of halogens is 1. The van der Waals surface area contributed by atoms with E-state index in [2.05, 4.69) is 5.32 Å². The average Bonchev–Trinajstić information content (AvgIpc) is 2.37. The Morgan fingerprint density at radius 1 is 1.24 bits per heavy atom. The van der Waals surface area contributed by atoms with Gasteiger partial charge in [-0.2, -0.15) is 0 Å². The van der Waals surface area contributed by atoms with E-state index in [1.165, 1.54) is 0 Å². The first-order chi connectivity index (χ1) is 9.63. The summed E-state index contributed by atoms with van der Waals surface area (Å²) < 4.78 is 5.59. The highest BCUT2D eigenvalue weighted by molar-refractivity contribution is 6.30. The predicted molar refractivity (Wildman–Crippen MR) is 77.9 cm³/mol. The van der Waals surface area contributed by atoms with Crippen molar-refractivity contribution in [1.82, 2.24) is 5.32 Å². The van der Waals surface area contributed by atoms with Crippen molar-refractivity contribution in [3.63, 3.8) is 0 Å². The predicted octanol–water partition coefficient (Wildman–Crippen LogP) is 1.39. The molecule has 1 aromatic rings. The molecular weight excluding hydrogens is 294 g/mol. The molecule has 1 rings (SSSR count). The number of nitrogens with one attached hydrogen (secondary N) is 1. The van der Waals surface area contributed by atoms with Gasteiger partial charge in [-0.05, 0) is 44.0 Å². The van der Waals surface area contributed by atoms with E-state index in [1.54, 1.807) is 52.0 Å². The van der Waals surface area contributed by atoms with Crippen molar-refractivity contribution in [3.05, 3.63) is 29.3 Å². The number of carboxylic acids is 1. The summed E-state index contributed by atoms with van der Waals surface area (Å²) in [7, 11) is 0. The van der Waals surface area contributed by atoms with Crippen LogP contribution >= 0.6 is 11.6 Å². The van der Waals surface area contributed by atoms with Gasteiger partial charge in [-0.3, -0.25) is 4.79 Å². The van der Waals surface area contributed by atoms with Crippen LogP contribution in [0.2, 0.25) is 5.02 Å². The van der Waals surface area contributed by atoms with Crippen LogP contribution in [-0.2, 0) is 9.59 Å². The van der Waals surface area contributed by atoms with Crippen molar-refractivity contribution >= 4 is 23.5 Å². The van der Waals surface area contributed by atoms with Gasteiger partial charge in [0.15, 0.2) is 5.60 Å². The third-order valence-electron chi connectivity index (χ3n) is 2.94. The van der Waals surface area contributed by atoms with Gasteiger partial charge in [0.25, 0.3) is 5.91 Å². The van der Waals surface area contributed by atoms with Crippen LogP contribution in [0.3, 0.4) is 0 Å². The maximum absolute atomic E-state index is 12.2. The molecule has 0 radical (unpaired) electrons. The van der Waals surface area contributed by atoms with Gasteiger partial charge >= 0.3 is 0 Å². The zero-order valence-corrected chi connectivity index (χ0v) is 13.2. The SMILES string of the molecule is CC(C)[C@@H](NC(=O)C(C)(C)Oc1ccc(Cl)cc1)C(=O)[O-]. The topological polar surface area (TPSA) is 78.5 Å². The van der Waals surface area contributed by atoms with Crippen LogP contribution in [0, 0.1) is 5.92 Å². The molecule has 0 aliphatic rings. The molecule has 21 heavy (non-hydrogen) atoms. The Morgan fingerprint density at radius 3 is 2.19 bits per heavy atom. The molecule has 0 heterocycles. The smallest absolute Gasteiger partial charge is 0.264 e. The van der Waals surface area contributed by atoms with Crippen LogP contribution in [0.5, 0.6) is 5.75 Å². The highest BCUT2D eigenvalue weighted by Gasteiger charge is 2.32. The lowest BCUT2D eigenvalue weighted by molar-refractivity contribution is -0.309. The number of carboxylic acid groups (broad SMARTS) is 1. The van der Waals surface area contributed by atoms with E-state index in [4.69, 9.17) is 16.3 Å². The number of hydrogen-bond donors (Lipinski definition) is 1. The summed E-state index contributed by atoms with van der Waals surface area (Å²) in [5.41, 5.74) is -1.23. The third-order valence-corrected chi connectivity index (χ3v) is 3.19. The maximum atomic E-state index is 12.2. The molecule has 6 heteroatoms. The summed E-state index contributed by atoms with van der Waals surface area (Å²) in [5, 5.41) is 14.0. The maximum Gasteiger partial charge on any atom is 0.264 e. The Balaban J connectivity index is 2.79. The number of ether oxygens (including phenoxy) is 1. The number of carbonyl (C=O) groups is 2. The first kappa shape index (κ1) is 17.3. The quantitative estimate of drug-likeness (QED) is 0.861. The standard InChI is InChI=1S/C15H20ClNO4/c1-9(2)12(13(18)19)17-14(20)15(3,4)21-11-7-5-10(16)6-8-11/h5-9,12H,1-4H3,(H,17,20)(H,18,19)/p-1/t12-/m1/s1. The number of hydrogen-bond acceptors (Lipinski definition) is 4. The van der Waals surface area contributed by atoms with Crippen LogP contribution in [0.15, 0.2) is 24.3 Å². The molecule has 116 valence electrons. The molecule has 0 saturated heterocycles. The van der Waals surface area contributed by atoms with Crippen LogP contribution < -0.4 is 15.2 Å². The molecule has 0 unspecified atom stereocenters. The largest absolute Gasteiger partial charge is 0.548 e. The molecule has 0 aromatic heterocycles. The Hall–Kier alpha value is -1.75. The Labute approximate surface area is 129 Å². The molecular formula is C15H19ClNO4-. The van der Waals surface area contributed by atoms with Crippen molar-refractivity contribution in [1.29, 1.82) is 0 Å². The Bertz CT molecular complexity index is 511. The Kier molecular flexibility index (Phi) is 5.61. The lowest BCUT2D eigenvalue weighted by Crippen LogP contribution is -2.56. The summed E-state index contributed by atoms with van der Waals surface area (Å²) in [6.45, 7) is 6.49. The Morgan fingerprint density at radius 2 is 1.76 bits per heavy atom. The first-order valence-electron chi connectivity index (χ1n) is 6.60. The summed E-state index contributed by atoms with van der Waals surface area (Å²) in [5.74, 6) is -1.67. The van der Waals surface area contributed by atoms with E-state index < -0.39 is 23.5 Å². The molecule has 0 bridgehead atoms. The molecule has 1 N–H and O–H groups in total. The number of benzene rings is 1. The first-order valence-corrected chi connectivity index (χ1v) is 6.97. The summed E-state index contributed by atoms with van der Waals surface area (Å²) in [4.78, 5) is 23.2. The van der Waals surface area contributed by atoms with Gasteiger partial charge in [-0.15, -0.1) is 0 Å². The van der Waals surface area contributed by atoms with Gasteiger partial charge in [0, 0.05) is 5.02 Å². The van der Waals surface area contributed by atoms with Gasteiger partial charge in [-0.1, -0.05) is 25.4 Å². The van der Waals surface area contributed by atoms with Gasteiger partial charge in [-0.25, -0.2) is 0 Å². The number of rotatable bonds is 6. The minimum absolute atomic E-state index is 0.287. The van der Waals surface area contributed by atoms with Gasteiger partial charge in [0.2, 0.25) is 0 Å². The number of amides is 1. The minimum Gasteiger partial charge on any atom is -0.548 e. The molecule has 0 saturated carbocycles. The lowest BCUT2D eigenvalue weighted by Gasteiger charge is -2.30. The fourth-order valence-corrected chi connectivity index (χ4v) is 1.78. The fourth-order valence-electron chi connectivity index (χ4n) is 1.66. The van der Waals surface area contributed by atoms with Crippen LogP contribution in [0.1, 0.15) is 27.7 Å². The van der Waals surface area contributed by atoms with Gasteiger partial charge in [0.1, 0.15) is 5.75 Å². The van der Waals surface area contributed by atoms with E-state index in [1.807, 2.05) is 0 Å². The molecule has 0 aliphatic carbocycles. The van der Waals surface area contributed by atoms with E-state index in [0.717, 1.165) is 0 Å². The van der Waals surface area contributed by atoms with Gasteiger partial charge < -0.3 is 20.0 Å². The summed E-state index contributed by atoms with van der Waals surface area (Å²) in [6.07, 6.45) is 0. The zero-order chi connectivity index (χ0) is 16.2. The second-order valence-electron chi connectivity index (χ2n) is 5.58. The summed E-state index contributed by atoms with van der Waals surface area (Å²) >= 11 is 5.78. The van der Waals surface area contributed by atoms with E-state index in [0.29, 0.717) is 10.8 Å². The molecule has 0 spiro atoms. The second kappa shape index (κ2) is 6.80. The van der Waals surface area contributed by atoms with E-state index >= 15 is 0 Å². The molecule has 1 aromatic carbocycles. The van der Waals surface area contributed by atoms with Crippen LogP contribution in [-0.4, -0.2) is 23.5 Å².